The fourth-order valence-corrected chi connectivity index (χ4v) is 3.14. The van der Waals surface area contributed by atoms with Gasteiger partial charge in [-0.25, -0.2) is 9.59 Å². The van der Waals surface area contributed by atoms with E-state index in [1.807, 2.05) is 30.3 Å². The third-order valence-electron chi connectivity index (χ3n) is 4.12. The summed E-state index contributed by atoms with van der Waals surface area (Å²) in [5.74, 6) is -1.18. The number of ether oxygens (including phenoxy) is 1. The molecule has 0 radical (unpaired) electrons. The Balaban J connectivity index is 1.85. The number of carbonyl (C=O) groups excluding carboxylic acids is 1. The van der Waals surface area contributed by atoms with Gasteiger partial charge in [-0.2, -0.15) is 0 Å². The zero-order valence-electron chi connectivity index (χ0n) is 13.8. The first kappa shape index (κ1) is 18.5. The van der Waals surface area contributed by atoms with Crippen LogP contribution in [0, 0.1) is 0 Å². The van der Waals surface area contributed by atoms with Crippen LogP contribution < -0.4 is 0 Å². The minimum Gasteiger partial charge on any atom is -0.479 e. The zero-order chi connectivity index (χ0) is 18.7. The highest BCUT2D eigenvalue weighted by Gasteiger charge is 2.43. The molecule has 1 fully saturated rings. The molecule has 0 saturated heterocycles. The van der Waals surface area contributed by atoms with Crippen LogP contribution in [-0.2, 0) is 16.1 Å². The van der Waals surface area contributed by atoms with Crippen LogP contribution in [0.25, 0.3) is 0 Å². The first-order chi connectivity index (χ1) is 12.5. The average Bonchev–Trinajstić information content (AvgIpc) is 3.45. The lowest BCUT2D eigenvalue weighted by Crippen LogP contribution is -2.41. The van der Waals surface area contributed by atoms with Crippen LogP contribution in [0.4, 0.5) is 4.79 Å². The Morgan fingerprint density at radius 3 is 2.46 bits per heavy atom. The van der Waals surface area contributed by atoms with Crippen LogP contribution >= 0.6 is 23.2 Å². The number of hydrogen-bond acceptors (Lipinski definition) is 3. The fourth-order valence-electron chi connectivity index (χ4n) is 2.74. The molecule has 7 heteroatoms. The zero-order valence-corrected chi connectivity index (χ0v) is 15.3. The van der Waals surface area contributed by atoms with Gasteiger partial charge in [-0.3, -0.25) is 4.90 Å². The summed E-state index contributed by atoms with van der Waals surface area (Å²) in [6.07, 6.45) is 0.768. The molecule has 2 aromatic rings. The van der Waals surface area contributed by atoms with Crippen LogP contribution in [0.3, 0.4) is 0 Å². The first-order valence-corrected chi connectivity index (χ1v) is 8.89. The van der Waals surface area contributed by atoms with Gasteiger partial charge in [-0.15, -0.1) is 0 Å². The van der Waals surface area contributed by atoms with Gasteiger partial charge in [0.2, 0.25) is 0 Å². The summed E-state index contributed by atoms with van der Waals surface area (Å²) in [5, 5.41) is 10.4. The van der Waals surface area contributed by atoms with E-state index in [9.17, 15) is 14.7 Å². The lowest BCUT2D eigenvalue weighted by atomic mass is 10.1. The number of benzene rings is 2. The van der Waals surface area contributed by atoms with Crippen molar-refractivity contribution in [2.75, 3.05) is 0 Å². The summed E-state index contributed by atoms with van der Waals surface area (Å²) in [6.45, 7) is 0.0680. The Morgan fingerprint density at radius 2 is 1.85 bits per heavy atom. The second-order valence-corrected chi connectivity index (χ2v) is 6.93. The number of carbonyl (C=O) groups is 2. The predicted octanol–water partition coefficient (Wildman–Crippen LogP) is 4.92. The Hall–Kier alpha value is -2.24. The van der Waals surface area contributed by atoms with E-state index >= 15 is 0 Å². The summed E-state index contributed by atoms with van der Waals surface area (Å²) < 4.78 is 5.36. The van der Waals surface area contributed by atoms with Crippen molar-refractivity contribution in [3.8, 4) is 0 Å². The van der Waals surface area contributed by atoms with Crippen molar-refractivity contribution in [1.29, 1.82) is 0 Å². The number of rotatable bonds is 6. The first-order valence-electron chi connectivity index (χ1n) is 8.14. The highest BCUT2D eigenvalue weighted by atomic mass is 35.5. The summed E-state index contributed by atoms with van der Waals surface area (Å²) in [6, 6.07) is 12.3. The topological polar surface area (TPSA) is 66.8 Å². The van der Waals surface area contributed by atoms with E-state index in [-0.39, 0.29) is 23.2 Å². The molecular weight excluding hydrogens is 377 g/mol. The quantitative estimate of drug-likeness (QED) is 0.755. The van der Waals surface area contributed by atoms with Crippen molar-refractivity contribution in [2.24, 2.45) is 0 Å². The van der Waals surface area contributed by atoms with E-state index in [4.69, 9.17) is 27.9 Å². The molecule has 3 rings (SSSR count). The number of nitrogens with zero attached hydrogens (tertiary/aromatic N) is 1. The molecule has 1 amide bonds. The Bertz CT molecular complexity index is 808. The summed E-state index contributed by atoms with van der Waals surface area (Å²) in [7, 11) is 0. The summed E-state index contributed by atoms with van der Waals surface area (Å²) in [5.41, 5.74) is 1.10. The maximum Gasteiger partial charge on any atom is 0.411 e. The third kappa shape index (κ3) is 4.29. The molecular formula is C19H17Cl2NO4. The standard InChI is InChI=1S/C19H17Cl2NO4/c20-13-6-9-16(21)15(10-13)17(18(23)24)22(14-7-8-14)19(25)26-11-12-4-2-1-3-5-12/h1-6,9-10,14,17H,7-8,11H2,(H,23,24). The number of carboxylic acids is 1. The van der Waals surface area contributed by atoms with Crippen LogP contribution in [0.15, 0.2) is 48.5 Å². The molecule has 1 N–H and O–H groups in total. The molecule has 1 atom stereocenters. The van der Waals surface area contributed by atoms with E-state index in [0.717, 1.165) is 18.4 Å². The normalized spacial score (nSPS) is 14.5. The van der Waals surface area contributed by atoms with Crippen LogP contribution in [0.2, 0.25) is 10.0 Å². The molecule has 1 unspecified atom stereocenters. The fraction of sp³-hybridized carbons (Fsp3) is 0.263. The molecule has 1 saturated carbocycles. The molecule has 1 aliphatic carbocycles. The SMILES string of the molecule is O=C(O)C(c1cc(Cl)ccc1Cl)N(C(=O)OCc1ccccc1)C1CC1. The van der Waals surface area contributed by atoms with Crippen molar-refractivity contribution in [3.63, 3.8) is 0 Å². The van der Waals surface area contributed by atoms with Crippen molar-refractivity contribution in [1.82, 2.24) is 4.90 Å². The van der Waals surface area contributed by atoms with Crippen molar-refractivity contribution >= 4 is 35.3 Å². The van der Waals surface area contributed by atoms with Gasteiger partial charge in [0.05, 0.1) is 0 Å². The number of carboxylic acid groups (broad SMARTS) is 1. The molecule has 136 valence electrons. The molecule has 0 aliphatic heterocycles. The second-order valence-electron chi connectivity index (χ2n) is 6.09. The molecule has 1 aliphatic rings. The Kier molecular flexibility index (Phi) is 5.69. The lowest BCUT2D eigenvalue weighted by molar-refractivity contribution is -0.143. The van der Waals surface area contributed by atoms with E-state index in [2.05, 4.69) is 0 Å². The molecule has 0 aromatic heterocycles. The minimum atomic E-state index is -1.25. The monoisotopic (exact) mass is 393 g/mol. The maximum absolute atomic E-state index is 12.7. The molecule has 2 aromatic carbocycles. The van der Waals surface area contributed by atoms with E-state index in [1.54, 1.807) is 6.07 Å². The van der Waals surface area contributed by atoms with E-state index < -0.39 is 18.1 Å². The van der Waals surface area contributed by atoms with Crippen LogP contribution in [0.1, 0.15) is 30.0 Å². The van der Waals surface area contributed by atoms with Gasteiger partial charge in [0.25, 0.3) is 0 Å². The molecule has 0 heterocycles. The van der Waals surface area contributed by atoms with Gasteiger partial charge < -0.3 is 9.84 Å². The highest BCUT2D eigenvalue weighted by Crippen LogP contribution is 2.38. The highest BCUT2D eigenvalue weighted by molar-refractivity contribution is 6.33. The number of halogens is 2. The smallest absolute Gasteiger partial charge is 0.411 e. The molecule has 5 nitrogen and oxygen atoms in total. The summed E-state index contributed by atoms with van der Waals surface area (Å²) >= 11 is 12.2. The summed E-state index contributed by atoms with van der Waals surface area (Å²) in [4.78, 5) is 25.9. The van der Waals surface area contributed by atoms with Crippen molar-refractivity contribution in [2.45, 2.75) is 31.5 Å². The maximum atomic E-state index is 12.7. The number of aliphatic carboxylic acids is 1. The van der Waals surface area contributed by atoms with E-state index in [1.165, 1.54) is 17.0 Å². The van der Waals surface area contributed by atoms with Gasteiger partial charge in [0, 0.05) is 21.7 Å². The van der Waals surface area contributed by atoms with Gasteiger partial charge >= 0.3 is 12.1 Å². The third-order valence-corrected chi connectivity index (χ3v) is 4.70. The van der Waals surface area contributed by atoms with Crippen molar-refractivity contribution < 1.29 is 19.4 Å². The number of hydrogen-bond donors (Lipinski definition) is 1. The minimum absolute atomic E-state index is 0.0680. The second kappa shape index (κ2) is 7.98. The van der Waals surface area contributed by atoms with Gasteiger partial charge in [0.1, 0.15) is 6.61 Å². The van der Waals surface area contributed by atoms with Gasteiger partial charge in [-0.1, -0.05) is 53.5 Å². The average molecular weight is 394 g/mol. The van der Waals surface area contributed by atoms with Gasteiger partial charge in [0.15, 0.2) is 6.04 Å². The number of amides is 1. The van der Waals surface area contributed by atoms with Crippen molar-refractivity contribution in [3.05, 3.63) is 69.7 Å². The Morgan fingerprint density at radius 1 is 1.15 bits per heavy atom. The Labute approximate surface area is 161 Å². The van der Waals surface area contributed by atoms with Gasteiger partial charge in [-0.05, 0) is 36.6 Å². The van der Waals surface area contributed by atoms with E-state index in [0.29, 0.717) is 5.02 Å². The lowest BCUT2D eigenvalue weighted by Gasteiger charge is -2.29. The molecule has 26 heavy (non-hydrogen) atoms. The molecule has 0 spiro atoms. The predicted molar refractivity (Wildman–Crippen MR) is 98.3 cm³/mol. The van der Waals surface area contributed by atoms with Crippen LogP contribution in [-0.4, -0.2) is 28.1 Å². The van der Waals surface area contributed by atoms with Crippen LogP contribution in [0.5, 0.6) is 0 Å². The molecule has 0 bridgehead atoms. The largest absolute Gasteiger partial charge is 0.479 e.